The average molecular weight is 168 g/mol. The summed E-state index contributed by atoms with van der Waals surface area (Å²) >= 11 is 1.28. The summed E-state index contributed by atoms with van der Waals surface area (Å²) in [7, 11) is 0. The zero-order chi connectivity index (χ0) is 8.43. The Hall–Kier alpha value is -1.09. The molecular weight excluding hydrogens is 160 g/mol. The summed E-state index contributed by atoms with van der Waals surface area (Å²) < 4.78 is 0. The standard InChI is InChI=1S/C8H8O2S/c1-3-6-4-5(2)11-7(6)8(9)10/h3-4H,1H2,2H3,(H,9,10). The van der Waals surface area contributed by atoms with Crippen molar-refractivity contribution in [2.75, 3.05) is 0 Å². The Morgan fingerprint density at radius 1 is 1.82 bits per heavy atom. The largest absolute Gasteiger partial charge is 0.477 e. The fourth-order valence-corrected chi connectivity index (χ4v) is 1.71. The van der Waals surface area contributed by atoms with Crippen LogP contribution in [0.4, 0.5) is 0 Å². The first-order chi connectivity index (χ1) is 5.15. The highest BCUT2D eigenvalue weighted by molar-refractivity contribution is 7.14. The maximum Gasteiger partial charge on any atom is 0.346 e. The van der Waals surface area contributed by atoms with E-state index in [9.17, 15) is 4.79 Å². The molecule has 0 saturated heterocycles. The Morgan fingerprint density at radius 2 is 2.45 bits per heavy atom. The molecule has 1 N–H and O–H groups in total. The second-order valence-corrected chi connectivity index (χ2v) is 3.41. The Balaban J connectivity index is 3.22. The van der Waals surface area contributed by atoms with Crippen molar-refractivity contribution in [1.82, 2.24) is 0 Å². The van der Waals surface area contributed by atoms with Gasteiger partial charge in [0.05, 0.1) is 0 Å². The van der Waals surface area contributed by atoms with Crippen LogP contribution in [0.15, 0.2) is 12.6 Å². The van der Waals surface area contributed by atoms with Gasteiger partial charge in [-0.3, -0.25) is 0 Å². The van der Waals surface area contributed by atoms with Crippen LogP contribution in [0, 0.1) is 6.92 Å². The van der Waals surface area contributed by atoms with Crippen molar-refractivity contribution in [2.24, 2.45) is 0 Å². The fraction of sp³-hybridized carbons (Fsp3) is 0.125. The Labute approximate surface area is 68.8 Å². The van der Waals surface area contributed by atoms with Gasteiger partial charge < -0.3 is 5.11 Å². The zero-order valence-electron chi connectivity index (χ0n) is 6.13. The number of carbonyl (C=O) groups is 1. The molecule has 0 fully saturated rings. The first kappa shape index (κ1) is 8.01. The van der Waals surface area contributed by atoms with Gasteiger partial charge in [-0.2, -0.15) is 0 Å². The van der Waals surface area contributed by atoms with E-state index in [1.165, 1.54) is 11.3 Å². The van der Waals surface area contributed by atoms with E-state index in [1.807, 2.05) is 13.0 Å². The van der Waals surface area contributed by atoms with Gasteiger partial charge >= 0.3 is 5.97 Å². The minimum absolute atomic E-state index is 0.373. The molecule has 1 aromatic rings. The Kier molecular flexibility index (Phi) is 2.10. The van der Waals surface area contributed by atoms with Gasteiger partial charge in [0.1, 0.15) is 4.88 Å². The summed E-state index contributed by atoms with van der Waals surface area (Å²) in [6.45, 7) is 5.41. The van der Waals surface area contributed by atoms with E-state index in [0.29, 0.717) is 10.4 Å². The molecule has 0 aliphatic carbocycles. The van der Waals surface area contributed by atoms with Gasteiger partial charge in [-0.1, -0.05) is 12.7 Å². The van der Waals surface area contributed by atoms with Crippen molar-refractivity contribution >= 4 is 23.4 Å². The van der Waals surface area contributed by atoms with Crippen LogP contribution < -0.4 is 0 Å². The lowest BCUT2D eigenvalue weighted by Gasteiger charge is -1.87. The zero-order valence-corrected chi connectivity index (χ0v) is 6.94. The third-order valence-corrected chi connectivity index (χ3v) is 2.35. The molecule has 0 aromatic carbocycles. The average Bonchev–Trinajstić information content (AvgIpc) is 2.30. The van der Waals surface area contributed by atoms with Crippen molar-refractivity contribution in [3.05, 3.63) is 28.0 Å². The molecule has 0 spiro atoms. The maximum atomic E-state index is 10.6. The van der Waals surface area contributed by atoms with Crippen LogP contribution in [-0.4, -0.2) is 11.1 Å². The van der Waals surface area contributed by atoms with Crippen molar-refractivity contribution in [3.63, 3.8) is 0 Å². The normalized spacial score (nSPS) is 9.55. The van der Waals surface area contributed by atoms with Crippen molar-refractivity contribution in [3.8, 4) is 0 Å². The molecule has 0 saturated carbocycles. The molecule has 1 rings (SSSR count). The van der Waals surface area contributed by atoms with Crippen LogP contribution in [0.1, 0.15) is 20.1 Å². The van der Waals surface area contributed by atoms with Gasteiger partial charge in [0.25, 0.3) is 0 Å². The van der Waals surface area contributed by atoms with Gasteiger partial charge in [0.2, 0.25) is 0 Å². The maximum absolute atomic E-state index is 10.6. The van der Waals surface area contributed by atoms with E-state index in [1.54, 1.807) is 6.08 Å². The molecule has 11 heavy (non-hydrogen) atoms. The molecule has 1 aromatic heterocycles. The van der Waals surface area contributed by atoms with Crippen molar-refractivity contribution in [2.45, 2.75) is 6.92 Å². The highest BCUT2D eigenvalue weighted by Crippen LogP contribution is 2.22. The van der Waals surface area contributed by atoms with E-state index in [-0.39, 0.29) is 0 Å². The summed E-state index contributed by atoms with van der Waals surface area (Å²) in [5.41, 5.74) is 0.708. The summed E-state index contributed by atoms with van der Waals surface area (Å²) in [6, 6.07) is 1.82. The van der Waals surface area contributed by atoms with Gasteiger partial charge in [-0.15, -0.1) is 11.3 Å². The molecule has 58 valence electrons. The van der Waals surface area contributed by atoms with E-state index in [0.717, 1.165) is 4.88 Å². The fourth-order valence-electron chi connectivity index (χ4n) is 0.853. The lowest BCUT2D eigenvalue weighted by atomic mass is 10.2. The third-order valence-electron chi connectivity index (χ3n) is 1.30. The predicted molar refractivity (Wildman–Crippen MR) is 46.1 cm³/mol. The molecule has 0 unspecified atom stereocenters. The summed E-state index contributed by atoms with van der Waals surface area (Å²) in [6.07, 6.45) is 1.56. The lowest BCUT2D eigenvalue weighted by molar-refractivity contribution is 0.0702. The first-order valence-corrected chi connectivity index (χ1v) is 3.93. The number of carboxylic acids is 1. The number of hydrogen-bond acceptors (Lipinski definition) is 2. The number of aryl methyl sites for hydroxylation is 1. The molecule has 0 radical (unpaired) electrons. The summed E-state index contributed by atoms with van der Waals surface area (Å²) in [5, 5.41) is 8.67. The highest BCUT2D eigenvalue weighted by Gasteiger charge is 2.10. The van der Waals surface area contributed by atoms with Gasteiger partial charge in [-0.05, 0) is 18.6 Å². The quantitative estimate of drug-likeness (QED) is 0.736. The second-order valence-electron chi connectivity index (χ2n) is 2.15. The number of thiophene rings is 1. The van der Waals surface area contributed by atoms with Crippen LogP contribution in [-0.2, 0) is 0 Å². The van der Waals surface area contributed by atoms with E-state index in [4.69, 9.17) is 5.11 Å². The van der Waals surface area contributed by atoms with Crippen LogP contribution in [0.5, 0.6) is 0 Å². The number of aromatic carboxylic acids is 1. The van der Waals surface area contributed by atoms with E-state index in [2.05, 4.69) is 6.58 Å². The molecule has 1 heterocycles. The number of hydrogen-bond donors (Lipinski definition) is 1. The lowest BCUT2D eigenvalue weighted by Crippen LogP contribution is -1.93. The Morgan fingerprint density at radius 3 is 2.82 bits per heavy atom. The molecule has 0 bridgehead atoms. The van der Waals surface area contributed by atoms with Crippen LogP contribution in [0.2, 0.25) is 0 Å². The van der Waals surface area contributed by atoms with Crippen LogP contribution in [0.25, 0.3) is 6.08 Å². The first-order valence-electron chi connectivity index (χ1n) is 3.11. The van der Waals surface area contributed by atoms with Crippen LogP contribution in [0.3, 0.4) is 0 Å². The number of rotatable bonds is 2. The molecule has 3 heteroatoms. The summed E-state index contributed by atoms with van der Waals surface area (Å²) in [5.74, 6) is -0.877. The molecule has 0 aliphatic heterocycles. The van der Waals surface area contributed by atoms with E-state index >= 15 is 0 Å². The molecule has 2 nitrogen and oxygen atoms in total. The smallest absolute Gasteiger partial charge is 0.346 e. The van der Waals surface area contributed by atoms with Gasteiger partial charge in [0.15, 0.2) is 0 Å². The second kappa shape index (κ2) is 2.88. The van der Waals surface area contributed by atoms with Crippen LogP contribution >= 0.6 is 11.3 Å². The topological polar surface area (TPSA) is 37.3 Å². The minimum atomic E-state index is -0.877. The minimum Gasteiger partial charge on any atom is -0.477 e. The van der Waals surface area contributed by atoms with E-state index < -0.39 is 5.97 Å². The van der Waals surface area contributed by atoms with Gasteiger partial charge in [0, 0.05) is 4.88 Å². The summed E-state index contributed by atoms with van der Waals surface area (Å²) in [4.78, 5) is 11.9. The molecular formula is C8H8O2S. The highest BCUT2D eigenvalue weighted by atomic mass is 32.1. The monoisotopic (exact) mass is 168 g/mol. The third kappa shape index (κ3) is 1.49. The Bertz CT molecular complexity index is 299. The molecule has 0 amide bonds. The molecule has 0 atom stereocenters. The predicted octanol–water partition coefficient (Wildman–Crippen LogP) is 2.40. The van der Waals surface area contributed by atoms with Crippen molar-refractivity contribution in [1.29, 1.82) is 0 Å². The molecule has 0 aliphatic rings. The SMILES string of the molecule is C=Cc1cc(C)sc1C(=O)O. The number of carboxylic acid groups (broad SMARTS) is 1. The van der Waals surface area contributed by atoms with Gasteiger partial charge in [-0.25, -0.2) is 4.79 Å². The van der Waals surface area contributed by atoms with Crippen molar-refractivity contribution < 1.29 is 9.90 Å².